The van der Waals surface area contributed by atoms with Gasteiger partial charge < -0.3 is 10.6 Å². The van der Waals surface area contributed by atoms with E-state index in [9.17, 15) is 4.79 Å². The van der Waals surface area contributed by atoms with Gasteiger partial charge in [0.25, 0.3) is 0 Å². The molecule has 0 spiro atoms. The number of benzene rings is 1. The van der Waals surface area contributed by atoms with Crippen molar-refractivity contribution in [2.75, 3.05) is 11.9 Å². The Morgan fingerprint density at radius 2 is 2.11 bits per heavy atom. The molecule has 1 aromatic rings. The fraction of sp³-hybridized carbons (Fsp3) is 0.500. The molecule has 0 aromatic heterocycles. The van der Waals surface area contributed by atoms with Crippen molar-refractivity contribution >= 4 is 23.4 Å². The molecule has 0 fully saturated rings. The molecule has 0 bridgehead atoms. The minimum Gasteiger partial charge on any atom is -0.324 e. The van der Waals surface area contributed by atoms with Gasteiger partial charge in [-0.2, -0.15) is 0 Å². The van der Waals surface area contributed by atoms with Crippen molar-refractivity contribution in [2.24, 2.45) is 0 Å². The zero-order valence-electron chi connectivity index (χ0n) is 11.3. The van der Waals surface area contributed by atoms with Crippen LogP contribution in [-0.2, 0) is 4.79 Å². The summed E-state index contributed by atoms with van der Waals surface area (Å²) in [6.07, 6.45) is 0. The Morgan fingerprint density at radius 3 is 2.72 bits per heavy atom. The standard InChI is InChI=1S/C14H20N2OS/c1-5-15-12-10-7-6-9(18-14(2,3)4)8-11(10)16-13(12)17/h6-8,12,15H,5H2,1-4H3,(H,16,17). The number of fused-ring (bicyclic) bond motifs is 1. The smallest absolute Gasteiger partial charge is 0.246 e. The maximum atomic E-state index is 11.8. The predicted octanol–water partition coefficient (Wildman–Crippen LogP) is 3.18. The summed E-state index contributed by atoms with van der Waals surface area (Å²) in [5.74, 6) is 0.0461. The molecule has 18 heavy (non-hydrogen) atoms. The predicted molar refractivity (Wildman–Crippen MR) is 77.1 cm³/mol. The zero-order valence-corrected chi connectivity index (χ0v) is 12.1. The number of anilines is 1. The van der Waals surface area contributed by atoms with Gasteiger partial charge in [0, 0.05) is 20.9 Å². The van der Waals surface area contributed by atoms with Crippen molar-refractivity contribution in [3.63, 3.8) is 0 Å². The van der Waals surface area contributed by atoms with Gasteiger partial charge in [-0.3, -0.25) is 4.79 Å². The lowest BCUT2D eigenvalue weighted by Gasteiger charge is -2.18. The quantitative estimate of drug-likeness (QED) is 0.824. The van der Waals surface area contributed by atoms with Crippen LogP contribution in [0.2, 0.25) is 0 Å². The number of hydrogen-bond donors (Lipinski definition) is 2. The van der Waals surface area contributed by atoms with Crippen LogP contribution in [0.1, 0.15) is 39.3 Å². The maximum Gasteiger partial charge on any atom is 0.246 e. The van der Waals surface area contributed by atoms with Crippen molar-refractivity contribution in [3.8, 4) is 0 Å². The van der Waals surface area contributed by atoms with Gasteiger partial charge in [-0.1, -0.05) is 33.8 Å². The zero-order chi connectivity index (χ0) is 13.3. The van der Waals surface area contributed by atoms with Crippen LogP contribution in [0.3, 0.4) is 0 Å². The van der Waals surface area contributed by atoms with E-state index in [2.05, 4.69) is 49.6 Å². The SMILES string of the molecule is CCNC1C(=O)Nc2cc(SC(C)(C)C)ccc21. The van der Waals surface area contributed by atoms with Gasteiger partial charge in [-0.25, -0.2) is 0 Å². The van der Waals surface area contributed by atoms with E-state index in [4.69, 9.17) is 0 Å². The average molecular weight is 264 g/mol. The van der Waals surface area contributed by atoms with Crippen LogP contribution < -0.4 is 10.6 Å². The van der Waals surface area contributed by atoms with Crippen LogP contribution in [0, 0.1) is 0 Å². The lowest BCUT2D eigenvalue weighted by molar-refractivity contribution is -0.117. The molecule has 2 N–H and O–H groups in total. The van der Waals surface area contributed by atoms with E-state index in [1.165, 1.54) is 4.90 Å². The summed E-state index contributed by atoms with van der Waals surface area (Å²) in [6, 6.07) is 6.02. The highest BCUT2D eigenvalue weighted by Gasteiger charge is 2.29. The molecule has 0 saturated carbocycles. The van der Waals surface area contributed by atoms with Crippen LogP contribution >= 0.6 is 11.8 Å². The summed E-state index contributed by atoms with van der Waals surface area (Å²) in [7, 11) is 0. The molecule has 98 valence electrons. The summed E-state index contributed by atoms with van der Waals surface area (Å²) in [5, 5.41) is 6.14. The van der Waals surface area contributed by atoms with E-state index in [1.807, 2.05) is 18.7 Å². The molecule has 2 rings (SSSR count). The molecule has 3 nitrogen and oxygen atoms in total. The van der Waals surface area contributed by atoms with Crippen LogP contribution in [-0.4, -0.2) is 17.2 Å². The molecule has 0 radical (unpaired) electrons. The number of thioether (sulfide) groups is 1. The molecule has 1 heterocycles. The minimum absolute atomic E-state index is 0.0461. The number of likely N-dealkylation sites (N-methyl/N-ethyl adjacent to an activating group) is 1. The van der Waals surface area contributed by atoms with Crippen molar-refractivity contribution in [1.29, 1.82) is 0 Å². The largest absolute Gasteiger partial charge is 0.324 e. The molecular formula is C14H20N2OS. The van der Waals surface area contributed by atoms with E-state index in [-0.39, 0.29) is 16.7 Å². The maximum absolute atomic E-state index is 11.8. The Kier molecular flexibility index (Phi) is 3.69. The number of carbonyl (C=O) groups excluding carboxylic acids is 1. The van der Waals surface area contributed by atoms with E-state index < -0.39 is 0 Å². The molecule has 1 atom stereocenters. The molecule has 4 heteroatoms. The third-order valence-corrected chi connectivity index (χ3v) is 3.79. The molecule has 1 aromatic carbocycles. The number of hydrogen-bond acceptors (Lipinski definition) is 3. The fourth-order valence-corrected chi connectivity index (χ4v) is 3.09. The van der Waals surface area contributed by atoms with Gasteiger partial charge in [-0.15, -0.1) is 11.8 Å². The first kappa shape index (κ1) is 13.4. The molecule has 0 saturated heterocycles. The summed E-state index contributed by atoms with van der Waals surface area (Å²) in [5.41, 5.74) is 2.00. The first-order valence-electron chi connectivity index (χ1n) is 6.28. The van der Waals surface area contributed by atoms with Crippen molar-refractivity contribution in [2.45, 2.75) is 43.4 Å². The lowest BCUT2D eigenvalue weighted by atomic mass is 10.1. The van der Waals surface area contributed by atoms with Gasteiger partial charge in [0.1, 0.15) is 6.04 Å². The number of carbonyl (C=O) groups is 1. The molecule has 1 aliphatic heterocycles. The molecule has 1 amide bonds. The monoisotopic (exact) mass is 264 g/mol. The van der Waals surface area contributed by atoms with Crippen LogP contribution in [0.4, 0.5) is 5.69 Å². The Balaban J connectivity index is 2.25. The Hall–Kier alpha value is -1.00. The van der Waals surface area contributed by atoms with E-state index in [1.54, 1.807) is 0 Å². The van der Waals surface area contributed by atoms with Crippen molar-refractivity contribution < 1.29 is 4.79 Å². The number of nitrogens with one attached hydrogen (secondary N) is 2. The van der Waals surface area contributed by atoms with Gasteiger partial charge >= 0.3 is 0 Å². The van der Waals surface area contributed by atoms with Gasteiger partial charge in [0.05, 0.1) is 0 Å². The highest BCUT2D eigenvalue weighted by Crippen LogP contribution is 2.38. The van der Waals surface area contributed by atoms with Crippen LogP contribution in [0.5, 0.6) is 0 Å². The average Bonchev–Trinajstić information content (AvgIpc) is 2.53. The third-order valence-electron chi connectivity index (χ3n) is 2.69. The molecule has 1 unspecified atom stereocenters. The summed E-state index contributed by atoms with van der Waals surface area (Å²) < 4.78 is 0.178. The van der Waals surface area contributed by atoms with E-state index in [0.29, 0.717) is 0 Å². The highest BCUT2D eigenvalue weighted by molar-refractivity contribution is 8.00. The van der Waals surface area contributed by atoms with Crippen LogP contribution in [0.15, 0.2) is 23.1 Å². The van der Waals surface area contributed by atoms with E-state index in [0.717, 1.165) is 17.8 Å². The second kappa shape index (κ2) is 4.94. The topological polar surface area (TPSA) is 41.1 Å². The lowest BCUT2D eigenvalue weighted by Crippen LogP contribution is -2.27. The number of rotatable bonds is 3. The van der Waals surface area contributed by atoms with Gasteiger partial charge in [0.2, 0.25) is 5.91 Å². The highest BCUT2D eigenvalue weighted by atomic mass is 32.2. The van der Waals surface area contributed by atoms with Crippen molar-refractivity contribution in [1.82, 2.24) is 5.32 Å². The summed E-state index contributed by atoms with van der Waals surface area (Å²) >= 11 is 1.81. The third kappa shape index (κ3) is 2.87. The molecular weight excluding hydrogens is 244 g/mol. The Morgan fingerprint density at radius 1 is 1.39 bits per heavy atom. The van der Waals surface area contributed by atoms with Crippen LogP contribution in [0.25, 0.3) is 0 Å². The second-order valence-corrected chi connectivity index (χ2v) is 7.34. The first-order valence-corrected chi connectivity index (χ1v) is 7.09. The summed E-state index contributed by atoms with van der Waals surface area (Å²) in [6.45, 7) is 9.35. The Labute approximate surface area is 113 Å². The van der Waals surface area contributed by atoms with E-state index >= 15 is 0 Å². The number of amides is 1. The molecule has 0 aliphatic carbocycles. The second-order valence-electron chi connectivity index (χ2n) is 5.44. The van der Waals surface area contributed by atoms with Crippen molar-refractivity contribution in [3.05, 3.63) is 23.8 Å². The summed E-state index contributed by atoms with van der Waals surface area (Å²) in [4.78, 5) is 13.0. The Bertz CT molecular complexity index is 465. The molecule has 1 aliphatic rings. The normalized spacial score (nSPS) is 18.7. The first-order chi connectivity index (χ1) is 8.40. The van der Waals surface area contributed by atoms with Gasteiger partial charge in [-0.05, 0) is 18.7 Å². The fourth-order valence-electron chi connectivity index (χ4n) is 2.07. The van der Waals surface area contributed by atoms with Gasteiger partial charge in [0.15, 0.2) is 0 Å². The minimum atomic E-state index is -0.196.